The monoisotopic (exact) mass is 555 g/mol. The van der Waals surface area contributed by atoms with Crippen LogP contribution in [0.15, 0.2) is 60.4 Å². The molecule has 1 aliphatic rings. The van der Waals surface area contributed by atoms with E-state index >= 15 is 0 Å². The third-order valence-electron chi connectivity index (χ3n) is 6.18. The van der Waals surface area contributed by atoms with Crippen LogP contribution in [0, 0.1) is 11.3 Å². The zero-order valence-electron chi connectivity index (χ0n) is 22.2. The minimum absolute atomic E-state index is 0.0334. The van der Waals surface area contributed by atoms with Crippen molar-refractivity contribution in [3.05, 3.63) is 82.8 Å². The first-order chi connectivity index (χ1) is 19.1. The van der Waals surface area contributed by atoms with Crippen molar-refractivity contribution >= 4 is 17.2 Å². The maximum absolute atomic E-state index is 13.9. The smallest absolute Gasteiger partial charge is 0.364 e. The Morgan fingerprint density at radius 2 is 1.93 bits per heavy atom. The maximum Gasteiger partial charge on any atom is 0.416 e. The number of benzene rings is 2. The molecule has 0 spiro atoms. The van der Waals surface area contributed by atoms with E-state index in [-0.39, 0.29) is 30.1 Å². The molecule has 1 N–H and O–H groups in total. The van der Waals surface area contributed by atoms with Crippen molar-refractivity contribution < 1.29 is 32.2 Å². The Balaban J connectivity index is 1.89. The van der Waals surface area contributed by atoms with Gasteiger partial charge in [0.15, 0.2) is 6.29 Å². The van der Waals surface area contributed by atoms with Crippen LogP contribution in [-0.2, 0) is 31.6 Å². The zero-order chi connectivity index (χ0) is 28.9. The average molecular weight is 556 g/mol. The molecular formula is C28H28F3N5O4. The van der Waals surface area contributed by atoms with E-state index in [0.29, 0.717) is 35.7 Å². The number of amides is 1. The fourth-order valence-corrected chi connectivity index (χ4v) is 4.31. The quantitative estimate of drug-likeness (QED) is 0.305. The number of nitriles is 1. The number of ether oxygens (including phenoxy) is 3. The number of allylic oxidation sites excluding steroid dienone is 1. The molecule has 1 amide bonds. The van der Waals surface area contributed by atoms with Gasteiger partial charge in [-0.3, -0.25) is 4.79 Å². The van der Waals surface area contributed by atoms with E-state index in [1.54, 1.807) is 49.1 Å². The Hall–Kier alpha value is -4.18. The Bertz CT molecular complexity index is 1420. The molecular weight excluding hydrogens is 527 g/mol. The summed E-state index contributed by atoms with van der Waals surface area (Å²) in [6.45, 7) is 2.43. The standard InChI is InChI=1S/C28H28F3N5O4/c1-18(34-22-6-4-5-21(14-22)28(29,30)31)25(27(37)35(2)17-38-3)26-20(13-24-39-11-12-40-24)16-33-36(26)23-9-7-19(15-32)8-10-23/h4-10,14,16,24,34H,11-13,17H2,1-3H3/b25-18-. The lowest BCUT2D eigenvalue weighted by atomic mass is 10.0. The second kappa shape index (κ2) is 12.3. The lowest BCUT2D eigenvalue weighted by Crippen LogP contribution is -2.31. The summed E-state index contributed by atoms with van der Waals surface area (Å²) in [5.74, 6) is -0.455. The van der Waals surface area contributed by atoms with E-state index < -0.39 is 23.9 Å². The summed E-state index contributed by atoms with van der Waals surface area (Å²) < 4.78 is 58.1. The Labute approximate surface area is 229 Å². The van der Waals surface area contributed by atoms with Crippen molar-refractivity contribution in [2.75, 3.05) is 39.4 Å². The number of rotatable bonds is 9. The van der Waals surface area contributed by atoms with E-state index in [1.165, 1.54) is 24.1 Å². The highest BCUT2D eigenvalue weighted by Crippen LogP contribution is 2.33. The van der Waals surface area contributed by atoms with Gasteiger partial charge in [-0.05, 0) is 49.4 Å². The molecule has 0 saturated carbocycles. The van der Waals surface area contributed by atoms with Crippen LogP contribution >= 0.6 is 0 Å². The molecule has 3 aromatic rings. The third-order valence-corrected chi connectivity index (χ3v) is 6.18. The number of carbonyl (C=O) groups is 1. The zero-order valence-corrected chi connectivity index (χ0v) is 22.2. The molecule has 40 heavy (non-hydrogen) atoms. The number of carbonyl (C=O) groups excluding carboxylic acids is 1. The molecule has 2 heterocycles. The van der Waals surface area contributed by atoms with Crippen molar-refractivity contribution in [3.63, 3.8) is 0 Å². The summed E-state index contributed by atoms with van der Waals surface area (Å²) >= 11 is 0. The Morgan fingerprint density at radius 1 is 1.23 bits per heavy atom. The number of hydrogen-bond acceptors (Lipinski definition) is 7. The van der Waals surface area contributed by atoms with Crippen molar-refractivity contribution in [3.8, 4) is 11.8 Å². The summed E-state index contributed by atoms with van der Waals surface area (Å²) in [4.78, 5) is 15.2. The second-order valence-corrected chi connectivity index (χ2v) is 9.09. The van der Waals surface area contributed by atoms with E-state index in [0.717, 1.165) is 12.1 Å². The van der Waals surface area contributed by atoms with E-state index in [2.05, 4.69) is 16.5 Å². The fraction of sp³-hybridized carbons (Fsp3) is 0.321. The van der Waals surface area contributed by atoms with Gasteiger partial charge in [-0.2, -0.15) is 23.5 Å². The SMILES string of the molecule is COCN(C)C(=O)/C(=C(/C)Nc1cccc(C(F)(F)F)c1)c1c(CC2OCCO2)cnn1-c1ccc(C#N)cc1. The summed E-state index contributed by atoms with van der Waals surface area (Å²) in [5.41, 5.74) is 1.81. The third kappa shape index (κ3) is 6.51. The van der Waals surface area contributed by atoms with Gasteiger partial charge in [0, 0.05) is 37.5 Å². The number of halogens is 3. The van der Waals surface area contributed by atoms with Crippen LogP contribution in [0.5, 0.6) is 0 Å². The highest BCUT2D eigenvalue weighted by Gasteiger charge is 2.31. The predicted molar refractivity (Wildman–Crippen MR) is 140 cm³/mol. The van der Waals surface area contributed by atoms with E-state index in [4.69, 9.17) is 14.2 Å². The lowest BCUT2D eigenvalue weighted by Gasteiger charge is -2.23. The first-order valence-electron chi connectivity index (χ1n) is 12.3. The molecule has 0 unspecified atom stereocenters. The summed E-state index contributed by atoms with van der Waals surface area (Å²) in [6.07, 6.45) is -3.22. The van der Waals surface area contributed by atoms with Crippen LogP contribution in [0.2, 0.25) is 0 Å². The summed E-state index contributed by atoms with van der Waals surface area (Å²) in [7, 11) is 3.00. The molecule has 1 aromatic heterocycles. The van der Waals surface area contributed by atoms with E-state index in [9.17, 15) is 23.2 Å². The largest absolute Gasteiger partial charge is 0.416 e. The van der Waals surface area contributed by atoms with Crippen LogP contribution in [0.25, 0.3) is 11.3 Å². The molecule has 4 rings (SSSR count). The molecule has 0 bridgehead atoms. The van der Waals surface area contributed by atoms with Gasteiger partial charge >= 0.3 is 6.18 Å². The van der Waals surface area contributed by atoms with Crippen LogP contribution in [0.3, 0.4) is 0 Å². The highest BCUT2D eigenvalue weighted by molar-refractivity contribution is 6.20. The van der Waals surface area contributed by atoms with Crippen molar-refractivity contribution in [1.82, 2.24) is 14.7 Å². The number of nitrogens with zero attached hydrogens (tertiary/aromatic N) is 4. The molecule has 12 heteroatoms. The molecule has 1 saturated heterocycles. The van der Waals surface area contributed by atoms with Gasteiger partial charge in [-0.1, -0.05) is 6.07 Å². The minimum Gasteiger partial charge on any atom is -0.364 e. The number of nitrogens with one attached hydrogen (secondary N) is 1. The van der Waals surface area contributed by atoms with Crippen molar-refractivity contribution in [1.29, 1.82) is 5.26 Å². The predicted octanol–water partition coefficient (Wildman–Crippen LogP) is 4.58. The number of hydrogen-bond donors (Lipinski definition) is 1. The van der Waals surface area contributed by atoms with E-state index in [1.807, 2.05) is 0 Å². The first kappa shape index (κ1) is 28.8. The maximum atomic E-state index is 13.9. The summed E-state index contributed by atoms with van der Waals surface area (Å²) in [5, 5.41) is 16.7. The highest BCUT2D eigenvalue weighted by atomic mass is 19.4. The van der Waals surface area contributed by atoms with Gasteiger partial charge < -0.3 is 24.4 Å². The molecule has 1 fully saturated rings. The van der Waals surface area contributed by atoms with Crippen molar-refractivity contribution in [2.24, 2.45) is 0 Å². The van der Waals surface area contributed by atoms with Crippen LogP contribution in [0.4, 0.5) is 18.9 Å². The number of aromatic nitrogens is 2. The molecule has 0 aliphatic carbocycles. The topological polar surface area (TPSA) is 102 Å². The number of methoxy groups -OCH3 is 1. The van der Waals surface area contributed by atoms with Crippen LogP contribution in [0.1, 0.15) is 29.3 Å². The fourth-order valence-electron chi connectivity index (χ4n) is 4.31. The number of alkyl halides is 3. The average Bonchev–Trinajstić information content (AvgIpc) is 3.59. The van der Waals surface area contributed by atoms with Crippen LogP contribution < -0.4 is 5.32 Å². The van der Waals surface area contributed by atoms with Gasteiger partial charge in [0.2, 0.25) is 0 Å². The van der Waals surface area contributed by atoms with Gasteiger partial charge in [0.1, 0.15) is 6.73 Å². The lowest BCUT2D eigenvalue weighted by molar-refractivity contribution is -0.137. The molecule has 0 radical (unpaired) electrons. The second-order valence-electron chi connectivity index (χ2n) is 9.09. The number of anilines is 1. The molecule has 210 valence electrons. The molecule has 9 nitrogen and oxygen atoms in total. The molecule has 1 aliphatic heterocycles. The molecule has 2 aromatic carbocycles. The Morgan fingerprint density at radius 3 is 2.55 bits per heavy atom. The summed E-state index contributed by atoms with van der Waals surface area (Å²) in [6, 6.07) is 13.4. The Kier molecular flexibility index (Phi) is 8.89. The molecule has 0 atom stereocenters. The van der Waals surface area contributed by atoms with Crippen molar-refractivity contribution in [2.45, 2.75) is 25.8 Å². The van der Waals surface area contributed by atoms with Crippen LogP contribution in [-0.4, -0.2) is 61.0 Å². The number of likely N-dealkylation sites (N-methyl/N-ethyl adjacent to an activating group) is 1. The van der Waals surface area contributed by atoms with Gasteiger partial charge in [-0.15, -0.1) is 0 Å². The van der Waals surface area contributed by atoms with Gasteiger partial charge in [-0.25, -0.2) is 4.68 Å². The normalized spacial score (nSPS) is 14.5. The van der Waals surface area contributed by atoms with Gasteiger partial charge in [0.25, 0.3) is 5.91 Å². The minimum atomic E-state index is -4.53. The first-order valence-corrected chi connectivity index (χ1v) is 12.3. The van der Waals surface area contributed by atoms with Gasteiger partial charge in [0.05, 0.1) is 53.6 Å².